The van der Waals surface area contributed by atoms with Crippen LogP contribution in [0, 0.1) is 0 Å². The topological polar surface area (TPSA) is 55.7 Å². The maximum Gasteiger partial charge on any atom is 0.187 e. The molecular formula is C13H13NO3. The largest absolute Gasteiger partial charge is 0.391 e. The fraction of sp³-hybridized carbons (Fsp3) is 0.308. The first kappa shape index (κ1) is 11.5. The predicted molar refractivity (Wildman–Crippen MR) is 62.5 cm³/mol. The minimum atomic E-state index is -0.214. The van der Waals surface area contributed by atoms with Crippen molar-refractivity contribution in [3.8, 4) is 0 Å². The monoisotopic (exact) mass is 231 g/mol. The van der Waals surface area contributed by atoms with E-state index in [4.69, 9.17) is 4.84 Å². The van der Waals surface area contributed by atoms with Crippen molar-refractivity contribution in [3.63, 3.8) is 0 Å². The molecule has 1 aromatic carbocycles. The Morgan fingerprint density at radius 1 is 1.12 bits per heavy atom. The van der Waals surface area contributed by atoms with Crippen LogP contribution in [0.25, 0.3) is 0 Å². The van der Waals surface area contributed by atoms with Crippen LogP contribution in [0.4, 0.5) is 0 Å². The molecule has 0 amide bonds. The molecule has 4 nitrogen and oxygen atoms in total. The molecule has 0 aliphatic heterocycles. The van der Waals surface area contributed by atoms with Crippen molar-refractivity contribution in [2.45, 2.75) is 25.9 Å². The van der Waals surface area contributed by atoms with Gasteiger partial charge in [0, 0.05) is 12.8 Å². The molecule has 1 aromatic rings. The molecule has 1 aliphatic carbocycles. The zero-order chi connectivity index (χ0) is 12.1. The molecule has 4 heteroatoms. The summed E-state index contributed by atoms with van der Waals surface area (Å²) in [6.07, 6.45) is 0.749. The quantitative estimate of drug-likeness (QED) is 0.589. The lowest BCUT2D eigenvalue weighted by atomic mass is 9.96. The molecule has 0 radical (unpaired) electrons. The number of carbonyl (C=O) groups is 2. The Bertz CT molecular complexity index is 451. The Labute approximate surface area is 99.3 Å². The zero-order valence-corrected chi connectivity index (χ0v) is 9.39. The first-order chi connectivity index (χ1) is 8.25. The smallest absolute Gasteiger partial charge is 0.187 e. The van der Waals surface area contributed by atoms with Crippen LogP contribution < -0.4 is 0 Å². The van der Waals surface area contributed by atoms with Crippen LogP contribution in [0.15, 0.2) is 35.5 Å². The number of Topliss-reactive ketones (excluding diaryl/α,β-unsaturated/α-hetero) is 2. The minimum absolute atomic E-state index is 0.0167. The Morgan fingerprint density at radius 3 is 2.59 bits per heavy atom. The number of ketones is 2. The van der Waals surface area contributed by atoms with Crippen LogP contribution in [-0.2, 0) is 21.0 Å². The van der Waals surface area contributed by atoms with Crippen molar-refractivity contribution in [3.05, 3.63) is 35.9 Å². The van der Waals surface area contributed by atoms with Gasteiger partial charge in [-0.25, -0.2) is 0 Å². The van der Waals surface area contributed by atoms with Crippen molar-refractivity contribution in [1.82, 2.24) is 0 Å². The van der Waals surface area contributed by atoms with Gasteiger partial charge in [-0.3, -0.25) is 9.59 Å². The van der Waals surface area contributed by atoms with Gasteiger partial charge in [0.1, 0.15) is 18.1 Å². The number of carbonyl (C=O) groups excluding carboxylic acids is 2. The molecule has 0 spiro atoms. The maximum atomic E-state index is 11.4. The molecule has 88 valence electrons. The van der Waals surface area contributed by atoms with Gasteiger partial charge in [-0.2, -0.15) is 0 Å². The van der Waals surface area contributed by atoms with E-state index in [1.165, 1.54) is 0 Å². The van der Waals surface area contributed by atoms with E-state index in [1.54, 1.807) is 0 Å². The Balaban J connectivity index is 1.89. The predicted octanol–water partition coefficient (Wildman–Crippen LogP) is 1.88. The van der Waals surface area contributed by atoms with Gasteiger partial charge in [-0.1, -0.05) is 35.5 Å². The number of hydrogen-bond donors (Lipinski definition) is 0. The van der Waals surface area contributed by atoms with Crippen LogP contribution in [0.5, 0.6) is 0 Å². The van der Waals surface area contributed by atoms with Crippen LogP contribution in [-0.4, -0.2) is 17.3 Å². The Hall–Kier alpha value is -1.97. The number of rotatable bonds is 3. The summed E-state index contributed by atoms with van der Waals surface area (Å²) in [5.74, 6) is -0.230. The molecule has 0 aromatic heterocycles. The van der Waals surface area contributed by atoms with Gasteiger partial charge >= 0.3 is 0 Å². The maximum absolute atomic E-state index is 11.4. The standard InChI is InChI=1S/C13H13NO3/c15-11-6-7-12(13(16)8-11)14-17-9-10-4-2-1-3-5-10/h1-5H,6-9H2. The Morgan fingerprint density at radius 2 is 1.88 bits per heavy atom. The molecular weight excluding hydrogens is 218 g/mol. The van der Waals surface area contributed by atoms with E-state index in [1.807, 2.05) is 30.3 Å². The first-order valence-corrected chi connectivity index (χ1v) is 5.53. The van der Waals surface area contributed by atoms with Crippen LogP contribution in [0.1, 0.15) is 24.8 Å². The molecule has 17 heavy (non-hydrogen) atoms. The first-order valence-electron chi connectivity index (χ1n) is 5.53. The summed E-state index contributed by atoms with van der Waals surface area (Å²) in [5.41, 5.74) is 1.37. The Kier molecular flexibility index (Phi) is 3.65. The van der Waals surface area contributed by atoms with Crippen molar-refractivity contribution in [1.29, 1.82) is 0 Å². The third-order valence-electron chi connectivity index (χ3n) is 2.57. The zero-order valence-electron chi connectivity index (χ0n) is 9.39. The molecule has 0 N–H and O–H groups in total. The molecule has 1 saturated carbocycles. The summed E-state index contributed by atoms with van der Waals surface area (Å²) in [5, 5.41) is 3.81. The fourth-order valence-corrected chi connectivity index (χ4v) is 1.62. The summed E-state index contributed by atoms with van der Waals surface area (Å²) < 4.78 is 0. The molecule has 0 atom stereocenters. The molecule has 0 saturated heterocycles. The average Bonchev–Trinajstić information content (AvgIpc) is 2.33. The van der Waals surface area contributed by atoms with Crippen LogP contribution in [0.2, 0.25) is 0 Å². The van der Waals surface area contributed by atoms with Crippen molar-refractivity contribution in [2.75, 3.05) is 0 Å². The highest BCUT2D eigenvalue weighted by molar-refractivity contribution is 6.44. The highest BCUT2D eigenvalue weighted by atomic mass is 16.6. The van der Waals surface area contributed by atoms with Gasteiger partial charge in [0.25, 0.3) is 0 Å². The lowest BCUT2D eigenvalue weighted by Gasteiger charge is -2.10. The van der Waals surface area contributed by atoms with E-state index in [2.05, 4.69) is 5.16 Å². The number of nitrogens with zero attached hydrogens (tertiary/aromatic N) is 1. The summed E-state index contributed by atoms with van der Waals surface area (Å²) >= 11 is 0. The molecule has 1 fully saturated rings. The highest BCUT2D eigenvalue weighted by Crippen LogP contribution is 2.10. The van der Waals surface area contributed by atoms with Gasteiger partial charge in [-0.15, -0.1) is 0 Å². The molecule has 1 aliphatic rings. The SMILES string of the molecule is O=C1CCC(=NOCc2ccccc2)C(=O)C1. The van der Waals surface area contributed by atoms with Gasteiger partial charge < -0.3 is 4.84 Å². The van der Waals surface area contributed by atoms with E-state index in [9.17, 15) is 9.59 Å². The lowest BCUT2D eigenvalue weighted by molar-refractivity contribution is -0.125. The van der Waals surface area contributed by atoms with Crippen LogP contribution in [0.3, 0.4) is 0 Å². The number of hydrogen-bond acceptors (Lipinski definition) is 4. The minimum Gasteiger partial charge on any atom is -0.391 e. The van der Waals surface area contributed by atoms with E-state index in [-0.39, 0.29) is 18.0 Å². The average molecular weight is 231 g/mol. The normalized spacial score (nSPS) is 18.5. The summed E-state index contributed by atoms with van der Waals surface area (Å²) in [4.78, 5) is 27.5. The lowest BCUT2D eigenvalue weighted by Crippen LogP contribution is -2.25. The second-order valence-electron chi connectivity index (χ2n) is 3.94. The van der Waals surface area contributed by atoms with Crippen molar-refractivity contribution < 1.29 is 14.4 Å². The van der Waals surface area contributed by atoms with E-state index in [0.717, 1.165) is 5.56 Å². The fourth-order valence-electron chi connectivity index (χ4n) is 1.62. The van der Waals surface area contributed by atoms with Gasteiger partial charge in [0.2, 0.25) is 0 Å². The third-order valence-corrected chi connectivity index (χ3v) is 2.57. The molecule has 0 unspecified atom stereocenters. The van der Waals surface area contributed by atoms with Gasteiger partial charge in [0.15, 0.2) is 5.78 Å². The second kappa shape index (κ2) is 5.39. The molecule has 0 heterocycles. The third kappa shape index (κ3) is 3.24. The second-order valence-corrected chi connectivity index (χ2v) is 3.94. The molecule has 2 rings (SSSR count). The van der Waals surface area contributed by atoms with E-state index >= 15 is 0 Å². The number of benzene rings is 1. The van der Waals surface area contributed by atoms with Crippen molar-refractivity contribution in [2.24, 2.45) is 5.16 Å². The number of oxime groups is 1. The van der Waals surface area contributed by atoms with Crippen molar-refractivity contribution >= 4 is 17.3 Å². The highest BCUT2D eigenvalue weighted by Gasteiger charge is 2.23. The summed E-state index contributed by atoms with van der Waals surface area (Å²) in [6, 6.07) is 9.59. The van der Waals surface area contributed by atoms with Crippen LogP contribution >= 0.6 is 0 Å². The summed E-state index contributed by atoms with van der Waals surface area (Å²) in [7, 11) is 0. The molecule has 0 bridgehead atoms. The van der Waals surface area contributed by atoms with E-state index in [0.29, 0.717) is 25.2 Å². The van der Waals surface area contributed by atoms with Gasteiger partial charge in [0.05, 0.1) is 6.42 Å². The summed E-state index contributed by atoms with van der Waals surface area (Å²) in [6.45, 7) is 0.339. The van der Waals surface area contributed by atoms with E-state index < -0.39 is 0 Å². The van der Waals surface area contributed by atoms with Gasteiger partial charge in [-0.05, 0) is 5.56 Å².